The fourth-order valence-corrected chi connectivity index (χ4v) is 6.91. The zero-order valence-corrected chi connectivity index (χ0v) is 26.2. The summed E-state index contributed by atoms with van der Waals surface area (Å²) in [4.78, 5) is 0. The lowest BCUT2D eigenvalue weighted by atomic mass is 9.94. The van der Waals surface area contributed by atoms with Crippen LogP contribution in [0, 0.1) is 0 Å². The van der Waals surface area contributed by atoms with E-state index in [2.05, 4.69) is 185 Å². The molecule has 0 fully saturated rings. The maximum Gasteiger partial charge on any atom is 0.0934 e. The number of hydrogen-bond acceptors (Lipinski definition) is 1. The molecule has 0 saturated heterocycles. The molecule has 226 valence electrons. The molecule has 0 N–H and O–H groups in total. The highest BCUT2D eigenvalue weighted by atomic mass is 15.3. The molecule has 48 heavy (non-hydrogen) atoms. The van der Waals surface area contributed by atoms with E-state index in [4.69, 9.17) is 5.10 Å². The van der Waals surface area contributed by atoms with Gasteiger partial charge in [0.15, 0.2) is 0 Å². The van der Waals surface area contributed by atoms with Crippen LogP contribution in [-0.2, 0) is 0 Å². The maximum atomic E-state index is 5.10. The second-order valence-corrected chi connectivity index (χ2v) is 12.1. The SMILES string of the molecule is c1ccc(-c2cc(-c3ccccc3)n(-c3ccc(-n4c5ccccc5c5cc(-c6ccccc6-c6ccccc6)ccc54)cc3)n2)cc1. The van der Waals surface area contributed by atoms with Gasteiger partial charge in [0.2, 0.25) is 0 Å². The summed E-state index contributed by atoms with van der Waals surface area (Å²) in [6.45, 7) is 0. The molecule has 9 rings (SSSR count). The van der Waals surface area contributed by atoms with Crippen molar-refractivity contribution in [3.8, 4) is 56.1 Å². The van der Waals surface area contributed by atoms with E-state index in [1.165, 1.54) is 44.1 Å². The lowest BCUT2D eigenvalue weighted by Gasteiger charge is -2.12. The first-order valence-electron chi connectivity index (χ1n) is 16.3. The van der Waals surface area contributed by atoms with Crippen LogP contribution in [0.2, 0.25) is 0 Å². The third-order valence-electron chi connectivity index (χ3n) is 9.20. The van der Waals surface area contributed by atoms with Crippen molar-refractivity contribution in [1.29, 1.82) is 0 Å². The van der Waals surface area contributed by atoms with Gasteiger partial charge in [0, 0.05) is 27.6 Å². The van der Waals surface area contributed by atoms with E-state index in [-0.39, 0.29) is 0 Å². The van der Waals surface area contributed by atoms with Crippen LogP contribution in [0.3, 0.4) is 0 Å². The lowest BCUT2D eigenvalue weighted by Crippen LogP contribution is -2.00. The molecule has 0 saturated carbocycles. The molecule has 0 atom stereocenters. The van der Waals surface area contributed by atoms with Gasteiger partial charge < -0.3 is 4.57 Å². The summed E-state index contributed by atoms with van der Waals surface area (Å²) in [5.74, 6) is 0. The Labute approximate surface area is 279 Å². The summed E-state index contributed by atoms with van der Waals surface area (Å²) in [5.41, 5.74) is 13.6. The Bertz CT molecular complexity index is 2520. The molecule has 3 heteroatoms. The van der Waals surface area contributed by atoms with Crippen molar-refractivity contribution >= 4 is 21.8 Å². The van der Waals surface area contributed by atoms with Crippen LogP contribution in [0.25, 0.3) is 77.9 Å². The van der Waals surface area contributed by atoms with Crippen molar-refractivity contribution in [3.63, 3.8) is 0 Å². The number of fused-ring (bicyclic) bond motifs is 3. The molecular weight excluding hydrogens is 583 g/mol. The van der Waals surface area contributed by atoms with Crippen LogP contribution < -0.4 is 0 Å². The van der Waals surface area contributed by atoms with Crippen molar-refractivity contribution in [2.24, 2.45) is 0 Å². The highest BCUT2D eigenvalue weighted by Crippen LogP contribution is 2.38. The van der Waals surface area contributed by atoms with Crippen molar-refractivity contribution in [2.45, 2.75) is 0 Å². The molecule has 2 heterocycles. The Morgan fingerprint density at radius 1 is 0.354 bits per heavy atom. The Morgan fingerprint density at radius 2 is 0.896 bits per heavy atom. The normalized spacial score (nSPS) is 11.3. The summed E-state index contributed by atoms with van der Waals surface area (Å²) in [7, 11) is 0. The molecule has 2 aromatic heterocycles. The highest BCUT2D eigenvalue weighted by Gasteiger charge is 2.16. The molecule has 3 nitrogen and oxygen atoms in total. The minimum absolute atomic E-state index is 0.950. The number of nitrogens with zero attached hydrogens (tertiary/aromatic N) is 3. The first-order valence-corrected chi connectivity index (χ1v) is 16.3. The number of rotatable bonds is 6. The molecule has 0 radical (unpaired) electrons. The molecule has 0 bridgehead atoms. The predicted molar refractivity (Wildman–Crippen MR) is 200 cm³/mol. The van der Waals surface area contributed by atoms with Crippen LogP contribution in [0.15, 0.2) is 188 Å². The third-order valence-corrected chi connectivity index (χ3v) is 9.20. The number of aromatic nitrogens is 3. The van der Waals surface area contributed by atoms with Crippen LogP contribution in [0.4, 0.5) is 0 Å². The molecule has 0 aliphatic heterocycles. The van der Waals surface area contributed by atoms with Crippen LogP contribution >= 0.6 is 0 Å². The molecule has 0 amide bonds. The van der Waals surface area contributed by atoms with Gasteiger partial charge in [-0.1, -0.05) is 140 Å². The van der Waals surface area contributed by atoms with Gasteiger partial charge >= 0.3 is 0 Å². The van der Waals surface area contributed by atoms with Crippen LogP contribution in [0.1, 0.15) is 0 Å². The standard InChI is InChI=1S/C45H31N3/c1-4-14-32(15-5-1)38-20-10-11-21-39(38)35-24-29-44-41(30-35)40-22-12-13-23-43(40)47(44)36-25-27-37(28-26-36)48-45(34-18-8-3-9-19-34)31-42(46-48)33-16-6-2-7-17-33/h1-31H. The average molecular weight is 614 g/mol. The van der Waals surface area contributed by atoms with E-state index < -0.39 is 0 Å². The largest absolute Gasteiger partial charge is 0.309 e. The van der Waals surface area contributed by atoms with Gasteiger partial charge in [-0.05, 0) is 70.8 Å². The first-order chi connectivity index (χ1) is 23.8. The van der Waals surface area contributed by atoms with Gasteiger partial charge in [0.05, 0.1) is 28.1 Å². The number of benzene rings is 7. The van der Waals surface area contributed by atoms with Gasteiger partial charge in [0.1, 0.15) is 0 Å². The van der Waals surface area contributed by atoms with Crippen molar-refractivity contribution < 1.29 is 0 Å². The minimum atomic E-state index is 0.950. The Hall–Kier alpha value is -6.45. The summed E-state index contributed by atoms with van der Waals surface area (Å²) in [6, 6.07) is 66.7. The Morgan fingerprint density at radius 3 is 1.60 bits per heavy atom. The van der Waals surface area contributed by atoms with Gasteiger partial charge in [-0.3, -0.25) is 0 Å². The summed E-state index contributed by atoms with van der Waals surface area (Å²) in [5, 5.41) is 7.57. The third kappa shape index (κ3) is 4.81. The average Bonchev–Trinajstić information content (AvgIpc) is 3.76. The second-order valence-electron chi connectivity index (χ2n) is 12.1. The number of para-hydroxylation sites is 1. The van der Waals surface area contributed by atoms with Gasteiger partial charge in [-0.2, -0.15) is 5.10 Å². The molecular formula is C45H31N3. The summed E-state index contributed by atoms with van der Waals surface area (Å²) in [6.07, 6.45) is 0. The fraction of sp³-hybridized carbons (Fsp3) is 0. The second kappa shape index (κ2) is 11.7. The van der Waals surface area contributed by atoms with Crippen LogP contribution in [0.5, 0.6) is 0 Å². The topological polar surface area (TPSA) is 22.8 Å². The quantitative estimate of drug-likeness (QED) is 0.183. The molecule has 7 aromatic carbocycles. The zero-order chi connectivity index (χ0) is 31.9. The van der Waals surface area contributed by atoms with E-state index in [0.717, 1.165) is 33.9 Å². The highest BCUT2D eigenvalue weighted by molar-refractivity contribution is 6.10. The fourth-order valence-electron chi connectivity index (χ4n) is 6.91. The van der Waals surface area contributed by atoms with E-state index in [1.54, 1.807) is 0 Å². The van der Waals surface area contributed by atoms with Gasteiger partial charge in [-0.15, -0.1) is 0 Å². The lowest BCUT2D eigenvalue weighted by molar-refractivity contribution is 0.891. The maximum absolute atomic E-state index is 5.10. The van der Waals surface area contributed by atoms with E-state index in [0.29, 0.717) is 0 Å². The molecule has 0 unspecified atom stereocenters. The van der Waals surface area contributed by atoms with Gasteiger partial charge in [0.25, 0.3) is 0 Å². The smallest absolute Gasteiger partial charge is 0.0934 e. The molecule has 0 aliphatic rings. The summed E-state index contributed by atoms with van der Waals surface area (Å²) < 4.78 is 4.43. The molecule has 9 aromatic rings. The minimum Gasteiger partial charge on any atom is -0.309 e. The van der Waals surface area contributed by atoms with E-state index in [9.17, 15) is 0 Å². The van der Waals surface area contributed by atoms with Gasteiger partial charge in [-0.25, -0.2) is 4.68 Å². The Kier molecular flexibility index (Phi) is 6.80. The molecule has 0 aliphatic carbocycles. The molecule has 0 spiro atoms. The summed E-state index contributed by atoms with van der Waals surface area (Å²) >= 11 is 0. The first kappa shape index (κ1) is 27.8. The van der Waals surface area contributed by atoms with E-state index >= 15 is 0 Å². The Balaban J connectivity index is 1.16. The van der Waals surface area contributed by atoms with Crippen molar-refractivity contribution in [1.82, 2.24) is 14.3 Å². The van der Waals surface area contributed by atoms with Crippen LogP contribution in [-0.4, -0.2) is 14.3 Å². The predicted octanol–water partition coefficient (Wildman–Crippen LogP) is 11.6. The van der Waals surface area contributed by atoms with E-state index in [1.807, 2.05) is 12.1 Å². The zero-order valence-electron chi connectivity index (χ0n) is 26.2. The number of hydrogen-bond donors (Lipinski definition) is 0. The van der Waals surface area contributed by atoms with Crippen molar-refractivity contribution in [3.05, 3.63) is 188 Å². The van der Waals surface area contributed by atoms with Crippen molar-refractivity contribution in [2.75, 3.05) is 0 Å². The monoisotopic (exact) mass is 613 g/mol.